The van der Waals surface area contributed by atoms with Crippen molar-refractivity contribution in [2.45, 2.75) is 65.2 Å². The second kappa shape index (κ2) is 8.55. The van der Waals surface area contributed by atoms with Gasteiger partial charge in [-0.25, -0.2) is 4.79 Å². The summed E-state index contributed by atoms with van der Waals surface area (Å²) in [5.41, 5.74) is 5.91. The summed E-state index contributed by atoms with van der Waals surface area (Å²) in [4.78, 5) is 24.6. The van der Waals surface area contributed by atoms with Crippen molar-refractivity contribution in [1.82, 2.24) is 5.32 Å². The largest absolute Gasteiger partial charge is 0.467 e. The van der Waals surface area contributed by atoms with Crippen LogP contribution in [0.4, 0.5) is 0 Å². The Hall–Kier alpha value is -2.06. The molecule has 0 aliphatic heterocycles. The Labute approximate surface area is 158 Å². The highest BCUT2D eigenvalue weighted by Gasteiger charge is 2.33. The number of amides is 1. The summed E-state index contributed by atoms with van der Waals surface area (Å²) in [5, 5.41) is 2.90. The monoisotopic (exact) mass is 373 g/mol. The number of carbonyl (C=O) groups is 2. The summed E-state index contributed by atoms with van der Waals surface area (Å²) in [6.45, 7) is 14.9. The van der Waals surface area contributed by atoms with Crippen molar-refractivity contribution in [3.8, 4) is 11.5 Å². The minimum atomic E-state index is -1.76. The molecule has 142 valence electrons. The Kier molecular flexibility index (Phi) is 7.22. The Morgan fingerprint density at radius 2 is 1.69 bits per heavy atom. The fraction of sp³-hybridized carbons (Fsp3) is 0.524. The van der Waals surface area contributed by atoms with E-state index in [-0.39, 0.29) is 17.4 Å². The fourth-order valence-corrected chi connectivity index (χ4v) is 3.16. The highest BCUT2D eigenvalue weighted by atomic mass is 28.3. The molecule has 0 radical (unpaired) electrons. The SMILES string of the molecule is COC(=O)[C@H](CC#C[Si](C)(C)C(C)(C)C)NC(=O)c1cc(C)cc(C)c1. The predicted octanol–water partition coefficient (Wildman–Crippen LogP) is 4.02. The first-order valence-electron chi connectivity index (χ1n) is 8.84. The molecule has 1 amide bonds. The molecule has 0 heterocycles. The van der Waals surface area contributed by atoms with E-state index in [2.05, 4.69) is 50.6 Å². The molecule has 0 saturated carbocycles. The minimum Gasteiger partial charge on any atom is -0.467 e. The Balaban J connectivity index is 2.96. The van der Waals surface area contributed by atoms with E-state index in [1.165, 1.54) is 7.11 Å². The molecule has 0 aliphatic rings. The van der Waals surface area contributed by atoms with Crippen LogP contribution >= 0.6 is 0 Å². The van der Waals surface area contributed by atoms with E-state index in [0.717, 1.165) is 11.1 Å². The third kappa shape index (κ3) is 6.03. The lowest BCUT2D eigenvalue weighted by Crippen LogP contribution is -2.41. The molecule has 0 bridgehead atoms. The second-order valence-corrected chi connectivity index (χ2v) is 13.3. The third-order valence-electron chi connectivity index (χ3n) is 4.86. The van der Waals surface area contributed by atoms with Crippen LogP contribution in [0.3, 0.4) is 0 Å². The first kappa shape index (κ1) is 22.0. The molecular formula is C21H31NO3Si. The minimum absolute atomic E-state index is 0.142. The number of benzene rings is 1. The Morgan fingerprint density at radius 1 is 1.15 bits per heavy atom. The van der Waals surface area contributed by atoms with E-state index in [1.54, 1.807) is 12.1 Å². The molecule has 1 aromatic rings. The van der Waals surface area contributed by atoms with Gasteiger partial charge in [0.2, 0.25) is 0 Å². The van der Waals surface area contributed by atoms with Crippen molar-refractivity contribution in [1.29, 1.82) is 0 Å². The van der Waals surface area contributed by atoms with Crippen molar-refractivity contribution in [3.05, 3.63) is 34.9 Å². The summed E-state index contributed by atoms with van der Waals surface area (Å²) in [6, 6.07) is 4.83. The standard InChI is InChI=1S/C21H31NO3Si/c1-15-12-16(2)14-17(13-15)19(23)22-18(20(24)25-6)10-9-11-26(7,8)21(3,4)5/h12-14,18H,10H2,1-8H3,(H,22,23)/t18-/m0/s1. The van der Waals surface area contributed by atoms with Crippen LogP contribution in [-0.4, -0.2) is 33.1 Å². The van der Waals surface area contributed by atoms with Crippen molar-refractivity contribution < 1.29 is 14.3 Å². The molecule has 0 aliphatic carbocycles. The van der Waals surface area contributed by atoms with Gasteiger partial charge in [-0.1, -0.05) is 51.1 Å². The highest BCUT2D eigenvalue weighted by molar-refractivity contribution is 6.87. The van der Waals surface area contributed by atoms with Crippen LogP contribution in [0.5, 0.6) is 0 Å². The van der Waals surface area contributed by atoms with Gasteiger partial charge >= 0.3 is 5.97 Å². The lowest BCUT2D eigenvalue weighted by atomic mass is 10.1. The fourth-order valence-electron chi connectivity index (χ4n) is 2.24. The maximum Gasteiger partial charge on any atom is 0.329 e. The molecule has 5 heteroatoms. The van der Waals surface area contributed by atoms with Gasteiger partial charge in [0, 0.05) is 12.0 Å². The number of ether oxygens (including phenoxy) is 1. The summed E-state index contributed by atoms with van der Waals surface area (Å²) < 4.78 is 4.84. The van der Waals surface area contributed by atoms with E-state index in [0.29, 0.717) is 5.56 Å². The van der Waals surface area contributed by atoms with E-state index in [4.69, 9.17) is 4.74 Å². The van der Waals surface area contributed by atoms with Crippen molar-refractivity contribution in [2.75, 3.05) is 7.11 Å². The van der Waals surface area contributed by atoms with Gasteiger partial charge < -0.3 is 10.1 Å². The Bertz CT molecular complexity index is 716. The number of hydrogen-bond donors (Lipinski definition) is 1. The molecule has 4 nitrogen and oxygen atoms in total. The molecule has 1 aromatic carbocycles. The lowest BCUT2D eigenvalue weighted by molar-refractivity contribution is -0.142. The van der Waals surface area contributed by atoms with Crippen LogP contribution in [0, 0.1) is 25.3 Å². The van der Waals surface area contributed by atoms with Crippen molar-refractivity contribution in [2.24, 2.45) is 0 Å². The zero-order valence-corrected chi connectivity index (χ0v) is 18.2. The van der Waals surface area contributed by atoms with E-state index < -0.39 is 20.1 Å². The molecule has 0 aromatic heterocycles. The first-order valence-corrected chi connectivity index (χ1v) is 11.8. The highest BCUT2D eigenvalue weighted by Crippen LogP contribution is 2.35. The van der Waals surface area contributed by atoms with Gasteiger partial charge in [0.1, 0.15) is 14.1 Å². The number of rotatable bonds is 4. The number of hydrogen-bond acceptors (Lipinski definition) is 3. The van der Waals surface area contributed by atoms with Crippen molar-refractivity contribution >= 4 is 20.0 Å². The molecule has 1 rings (SSSR count). The van der Waals surface area contributed by atoms with E-state index >= 15 is 0 Å². The van der Waals surface area contributed by atoms with Crippen LogP contribution in [0.15, 0.2) is 18.2 Å². The van der Waals surface area contributed by atoms with E-state index in [1.807, 2.05) is 19.9 Å². The molecular weight excluding hydrogens is 342 g/mol. The summed E-state index contributed by atoms with van der Waals surface area (Å²) >= 11 is 0. The smallest absolute Gasteiger partial charge is 0.329 e. The first-order chi connectivity index (χ1) is 11.9. The van der Waals surface area contributed by atoms with Crippen LogP contribution < -0.4 is 5.32 Å². The van der Waals surface area contributed by atoms with Crippen LogP contribution in [0.25, 0.3) is 0 Å². The predicted molar refractivity (Wildman–Crippen MR) is 109 cm³/mol. The van der Waals surface area contributed by atoms with Gasteiger partial charge in [0.05, 0.1) is 7.11 Å². The van der Waals surface area contributed by atoms with Crippen LogP contribution in [0.2, 0.25) is 18.1 Å². The summed E-state index contributed by atoms with van der Waals surface area (Å²) in [7, 11) is -0.442. The summed E-state index contributed by atoms with van der Waals surface area (Å²) in [6.07, 6.45) is 0.246. The molecule has 0 saturated heterocycles. The van der Waals surface area contributed by atoms with Gasteiger partial charge in [-0.3, -0.25) is 4.79 Å². The molecule has 1 atom stereocenters. The molecule has 0 fully saturated rings. The normalized spacial score (nSPS) is 12.6. The lowest BCUT2D eigenvalue weighted by Gasteiger charge is -2.31. The van der Waals surface area contributed by atoms with Gasteiger partial charge in [-0.05, 0) is 31.0 Å². The quantitative estimate of drug-likeness (QED) is 0.493. The molecule has 0 unspecified atom stereocenters. The maximum absolute atomic E-state index is 12.5. The average molecular weight is 374 g/mol. The third-order valence-corrected chi connectivity index (χ3v) is 9.41. The number of aryl methyl sites for hydroxylation is 2. The average Bonchev–Trinajstić information content (AvgIpc) is 2.50. The number of carbonyl (C=O) groups excluding carboxylic acids is 2. The number of nitrogens with one attached hydrogen (secondary N) is 1. The maximum atomic E-state index is 12.5. The molecule has 1 N–H and O–H groups in total. The topological polar surface area (TPSA) is 55.4 Å². The molecule has 26 heavy (non-hydrogen) atoms. The van der Waals surface area contributed by atoms with Gasteiger partial charge in [-0.2, -0.15) is 0 Å². The second-order valence-electron chi connectivity index (χ2n) is 8.31. The van der Waals surface area contributed by atoms with Crippen LogP contribution in [0.1, 0.15) is 48.7 Å². The Morgan fingerprint density at radius 3 is 2.15 bits per heavy atom. The van der Waals surface area contributed by atoms with Crippen molar-refractivity contribution in [3.63, 3.8) is 0 Å². The molecule has 0 spiro atoms. The zero-order chi connectivity index (χ0) is 20.1. The number of esters is 1. The van der Waals surface area contributed by atoms with Gasteiger partial charge in [0.15, 0.2) is 0 Å². The number of methoxy groups -OCH3 is 1. The van der Waals surface area contributed by atoms with Gasteiger partial charge in [0.25, 0.3) is 5.91 Å². The van der Waals surface area contributed by atoms with Gasteiger partial charge in [-0.15, -0.1) is 11.5 Å². The zero-order valence-electron chi connectivity index (χ0n) is 17.2. The van der Waals surface area contributed by atoms with Crippen LogP contribution in [-0.2, 0) is 9.53 Å². The summed E-state index contributed by atoms with van der Waals surface area (Å²) in [5.74, 6) is 2.35. The van der Waals surface area contributed by atoms with E-state index in [9.17, 15) is 9.59 Å².